The van der Waals surface area contributed by atoms with E-state index in [1.165, 1.54) is 27.8 Å². The first kappa shape index (κ1) is 17.0. The van der Waals surface area contributed by atoms with Gasteiger partial charge < -0.3 is 0 Å². The van der Waals surface area contributed by atoms with Gasteiger partial charge in [-0.3, -0.25) is 4.90 Å². The van der Waals surface area contributed by atoms with Gasteiger partial charge in [-0.25, -0.2) is 0 Å². The monoisotopic (exact) mass is 291 g/mol. The van der Waals surface area contributed by atoms with Crippen molar-refractivity contribution in [2.75, 3.05) is 19.6 Å². The topological polar surface area (TPSA) is 3.24 Å². The highest BCUT2D eigenvalue weighted by Crippen LogP contribution is 2.31. The van der Waals surface area contributed by atoms with E-state index in [1.807, 2.05) is 12.2 Å². The highest BCUT2D eigenvalue weighted by Gasteiger charge is 2.18. The molecule has 0 radical (unpaired) electrons. The van der Waals surface area contributed by atoms with Gasteiger partial charge >= 0.3 is 0 Å². The summed E-state index contributed by atoms with van der Waals surface area (Å²) in [5.41, 5.74) is 6.53. The van der Waals surface area contributed by atoms with Gasteiger partial charge in [-0.2, -0.15) is 0 Å². The molecule has 1 aromatic carbocycles. The molecule has 2 heteroatoms. The molecule has 20 heavy (non-hydrogen) atoms. The summed E-state index contributed by atoms with van der Waals surface area (Å²) in [4.78, 5) is 2.26. The van der Waals surface area contributed by atoms with Crippen LogP contribution in [0.4, 0.5) is 0 Å². The Kier molecular flexibility index (Phi) is 6.51. The molecule has 0 amide bonds. The third kappa shape index (κ3) is 3.97. The van der Waals surface area contributed by atoms with E-state index in [2.05, 4.69) is 51.8 Å². The highest BCUT2D eigenvalue weighted by atomic mass is 35.5. The summed E-state index contributed by atoms with van der Waals surface area (Å²) in [6.45, 7) is 18.7. The molecule has 0 aliphatic heterocycles. The van der Waals surface area contributed by atoms with Gasteiger partial charge in [0.2, 0.25) is 0 Å². The normalized spacial score (nSPS) is 12.5. The molecule has 0 aromatic heterocycles. The summed E-state index contributed by atoms with van der Waals surface area (Å²) in [5, 5.41) is -0.00602. The summed E-state index contributed by atoms with van der Waals surface area (Å²) in [5.74, 6) is 0. The molecule has 1 unspecified atom stereocenters. The minimum absolute atomic E-state index is 0.00602. The molecule has 1 rings (SSSR count). The van der Waals surface area contributed by atoms with Crippen LogP contribution in [-0.4, -0.2) is 24.5 Å². The van der Waals surface area contributed by atoms with Crippen molar-refractivity contribution in [2.24, 2.45) is 0 Å². The lowest BCUT2D eigenvalue weighted by Gasteiger charge is -2.25. The minimum atomic E-state index is -0.00602. The first-order valence-electron chi connectivity index (χ1n) is 7.07. The van der Waals surface area contributed by atoms with Crippen LogP contribution < -0.4 is 0 Å². The van der Waals surface area contributed by atoms with Crippen LogP contribution in [0.25, 0.3) is 0 Å². The number of aryl methyl sites for hydroxylation is 2. The van der Waals surface area contributed by atoms with Gasteiger partial charge in [-0.1, -0.05) is 18.2 Å². The van der Waals surface area contributed by atoms with Crippen LogP contribution in [0.15, 0.2) is 31.4 Å². The van der Waals surface area contributed by atoms with E-state index >= 15 is 0 Å². The van der Waals surface area contributed by atoms with Gasteiger partial charge in [-0.15, -0.1) is 24.8 Å². The second kappa shape index (κ2) is 7.66. The Hall–Kier alpha value is -1.05. The van der Waals surface area contributed by atoms with Crippen molar-refractivity contribution < 1.29 is 0 Å². The minimum Gasteiger partial charge on any atom is -0.294 e. The van der Waals surface area contributed by atoms with Crippen LogP contribution in [0.2, 0.25) is 0 Å². The Morgan fingerprint density at radius 2 is 1.50 bits per heavy atom. The number of hydrogen-bond acceptors (Lipinski definition) is 1. The quantitative estimate of drug-likeness (QED) is 0.511. The molecule has 0 spiro atoms. The van der Waals surface area contributed by atoms with Crippen LogP contribution in [-0.2, 0) is 0 Å². The summed E-state index contributed by atoms with van der Waals surface area (Å²) in [6.07, 6.45) is 3.82. The lowest BCUT2D eigenvalue weighted by molar-refractivity contribution is 0.335. The summed E-state index contributed by atoms with van der Waals surface area (Å²) in [6, 6.07) is 2.24. The van der Waals surface area contributed by atoms with Crippen molar-refractivity contribution in [3.05, 3.63) is 59.2 Å². The van der Waals surface area contributed by atoms with Crippen molar-refractivity contribution in [1.82, 2.24) is 4.90 Å². The first-order valence-corrected chi connectivity index (χ1v) is 7.51. The molecule has 0 heterocycles. The third-order valence-electron chi connectivity index (χ3n) is 3.93. The van der Waals surface area contributed by atoms with E-state index < -0.39 is 0 Å². The average Bonchev–Trinajstić information content (AvgIpc) is 2.37. The summed E-state index contributed by atoms with van der Waals surface area (Å²) >= 11 is 6.72. The van der Waals surface area contributed by atoms with E-state index in [1.54, 1.807) is 0 Å². The Labute approximate surface area is 128 Å². The number of rotatable bonds is 7. The maximum absolute atomic E-state index is 6.72. The lowest BCUT2D eigenvalue weighted by Crippen LogP contribution is -2.28. The number of hydrogen-bond donors (Lipinski definition) is 0. The van der Waals surface area contributed by atoms with Crippen molar-refractivity contribution in [2.45, 2.75) is 33.1 Å². The van der Waals surface area contributed by atoms with Crippen LogP contribution in [0.5, 0.6) is 0 Å². The van der Waals surface area contributed by atoms with Gasteiger partial charge in [0.05, 0.1) is 5.38 Å². The molecule has 0 aliphatic rings. The van der Waals surface area contributed by atoms with E-state index in [9.17, 15) is 0 Å². The molecule has 0 N–H and O–H groups in total. The lowest BCUT2D eigenvalue weighted by atomic mass is 9.92. The number of alkyl halides is 1. The van der Waals surface area contributed by atoms with Gasteiger partial charge in [0, 0.05) is 19.6 Å². The van der Waals surface area contributed by atoms with Crippen LogP contribution in [0, 0.1) is 27.7 Å². The zero-order valence-electron chi connectivity index (χ0n) is 13.2. The largest absolute Gasteiger partial charge is 0.294 e. The maximum atomic E-state index is 6.72. The second-order valence-electron chi connectivity index (χ2n) is 5.44. The molecule has 110 valence electrons. The Morgan fingerprint density at radius 3 is 1.90 bits per heavy atom. The molecular formula is C18H26ClN. The smallest absolute Gasteiger partial charge is 0.0717 e. The Bertz CT molecular complexity index is 454. The van der Waals surface area contributed by atoms with Crippen molar-refractivity contribution in [1.29, 1.82) is 0 Å². The molecule has 0 saturated heterocycles. The molecule has 0 saturated carbocycles. The number of benzene rings is 1. The Morgan fingerprint density at radius 1 is 1.05 bits per heavy atom. The molecule has 0 fully saturated rings. The van der Waals surface area contributed by atoms with Crippen molar-refractivity contribution in [3.8, 4) is 0 Å². The summed E-state index contributed by atoms with van der Waals surface area (Å²) in [7, 11) is 0. The van der Waals surface area contributed by atoms with Crippen LogP contribution >= 0.6 is 11.6 Å². The second-order valence-corrected chi connectivity index (χ2v) is 5.96. The van der Waals surface area contributed by atoms with Crippen molar-refractivity contribution in [3.63, 3.8) is 0 Å². The van der Waals surface area contributed by atoms with E-state index in [-0.39, 0.29) is 5.38 Å². The van der Waals surface area contributed by atoms with E-state index in [0.717, 1.165) is 19.6 Å². The Balaban J connectivity index is 3.04. The first-order chi connectivity index (χ1) is 9.42. The van der Waals surface area contributed by atoms with Gasteiger partial charge in [0.25, 0.3) is 0 Å². The fraction of sp³-hybridized carbons (Fsp3) is 0.444. The molecule has 1 atom stereocenters. The highest BCUT2D eigenvalue weighted by molar-refractivity contribution is 6.21. The predicted molar refractivity (Wildman–Crippen MR) is 90.8 cm³/mol. The van der Waals surface area contributed by atoms with E-state index in [4.69, 9.17) is 11.6 Å². The fourth-order valence-electron chi connectivity index (χ4n) is 2.62. The van der Waals surface area contributed by atoms with Crippen LogP contribution in [0.3, 0.4) is 0 Å². The third-order valence-corrected chi connectivity index (χ3v) is 4.29. The molecular weight excluding hydrogens is 266 g/mol. The zero-order chi connectivity index (χ0) is 15.3. The van der Waals surface area contributed by atoms with Gasteiger partial charge in [0.15, 0.2) is 0 Å². The summed E-state index contributed by atoms with van der Waals surface area (Å²) < 4.78 is 0. The molecule has 0 aliphatic carbocycles. The zero-order valence-corrected chi connectivity index (χ0v) is 13.9. The number of halogens is 1. The molecule has 1 nitrogen and oxygen atoms in total. The standard InChI is InChI=1S/C18H26ClN/c1-7-9-20(10-8-2)12-17(19)18-15(5)13(3)11-14(4)16(18)6/h7-8,11,17H,1-2,9-10,12H2,3-6H3. The molecule has 0 bridgehead atoms. The van der Waals surface area contributed by atoms with Gasteiger partial charge in [0.1, 0.15) is 0 Å². The predicted octanol–water partition coefficient (Wildman–Crippen LogP) is 4.87. The van der Waals surface area contributed by atoms with Crippen LogP contribution in [0.1, 0.15) is 33.2 Å². The SMILES string of the molecule is C=CCN(CC=C)CC(Cl)c1c(C)c(C)cc(C)c1C. The van der Waals surface area contributed by atoms with E-state index in [0.29, 0.717) is 0 Å². The van der Waals surface area contributed by atoms with Crippen molar-refractivity contribution >= 4 is 11.6 Å². The molecule has 1 aromatic rings. The fourth-order valence-corrected chi connectivity index (χ4v) is 3.15. The number of nitrogens with zero attached hydrogens (tertiary/aromatic N) is 1. The average molecular weight is 292 g/mol. The van der Waals surface area contributed by atoms with Gasteiger partial charge in [-0.05, 0) is 55.5 Å². The maximum Gasteiger partial charge on any atom is 0.0717 e.